The Morgan fingerprint density at radius 2 is 1.89 bits per heavy atom. The monoisotopic (exact) mass is 401 g/mol. The molecule has 148 valence electrons. The molecule has 3 amide bonds. The number of nitrogens with one attached hydrogen (secondary N) is 1. The second-order valence-corrected chi connectivity index (χ2v) is 7.60. The minimum Gasteiger partial charge on any atom is -0.508 e. The van der Waals surface area contributed by atoms with Gasteiger partial charge in [0.15, 0.2) is 0 Å². The van der Waals surface area contributed by atoms with Gasteiger partial charge < -0.3 is 15.3 Å². The number of thiophene rings is 1. The number of phenolic OH excluding ortho intramolecular Hbond substituents is 1. The summed E-state index contributed by atoms with van der Waals surface area (Å²) < 4.78 is 0. The summed E-state index contributed by atoms with van der Waals surface area (Å²) in [6, 6.07) is 8.02. The molecule has 2 N–H and O–H groups in total. The van der Waals surface area contributed by atoms with Crippen molar-refractivity contribution in [1.29, 1.82) is 0 Å². The summed E-state index contributed by atoms with van der Waals surface area (Å²) in [6.07, 6.45) is 0.471. The predicted octanol–water partition coefficient (Wildman–Crippen LogP) is 2.62. The number of carbonyl (C=O) groups is 3. The van der Waals surface area contributed by atoms with Gasteiger partial charge >= 0.3 is 0 Å². The molecule has 1 aromatic heterocycles. The van der Waals surface area contributed by atoms with Crippen LogP contribution in [0.1, 0.15) is 32.5 Å². The fourth-order valence-electron chi connectivity index (χ4n) is 2.46. The summed E-state index contributed by atoms with van der Waals surface area (Å²) >= 11 is 1.18. The van der Waals surface area contributed by atoms with Crippen molar-refractivity contribution < 1.29 is 19.5 Å². The number of phenols is 1. The van der Waals surface area contributed by atoms with Gasteiger partial charge in [0.1, 0.15) is 10.8 Å². The van der Waals surface area contributed by atoms with Crippen molar-refractivity contribution in [3.05, 3.63) is 58.5 Å². The zero-order valence-corrected chi connectivity index (χ0v) is 16.9. The summed E-state index contributed by atoms with van der Waals surface area (Å²) in [5.74, 6) is -0.644. The van der Waals surface area contributed by atoms with Crippen molar-refractivity contribution in [2.75, 3.05) is 25.5 Å². The van der Waals surface area contributed by atoms with Crippen LogP contribution in [0.25, 0.3) is 0 Å². The molecule has 0 atom stereocenters. The van der Waals surface area contributed by atoms with Gasteiger partial charge in [-0.05, 0) is 30.7 Å². The van der Waals surface area contributed by atoms with Crippen molar-refractivity contribution in [3.8, 4) is 5.75 Å². The topological polar surface area (TPSA) is 90.0 Å². The number of rotatable bonds is 8. The zero-order chi connectivity index (χ0) is 20.8. The molecule has 0 bridgehead atoms. The van der Waals surface area contributed by atoms with E-state index in [0.29, 0.717) is 21.9 Å². The molecule has 0 fully saturated rings. The SMILES string of the molecule is C=C(C)CN(C=O)C(=O)c1cc(C(=O)NCc2ccc(O)cc2)sc1N(C)C. The van der Waals surface area contributed by atoms with Crippen molar-refractivity contribution in [2.45, 2.75) is 13.5 Å². The number of hydrogen-bond donors (Lipinski definition) is 2. The molecule has 0 saturated carbocycles. The van der Waals surface area contributed by atoms with Crippen LogP contribution < -0.4 is 10.2 Å². The first-order chi connectivity index (χ1) is 13.2. The van der Waals surface area contributed by atoms with Gasteiger partial charge in [-0.15, -0.1) is 11.3 Å². The predicted molar refractivity (Wildman–Crippen MR) is 110 cm³/mol. The van der Waals surface area contributed by atoms with E-state index < -0.39 is 5.91 Å². The Morgan fingerprint density at radius 3 is 2.43 bits per heavy atom. The lowest BCUT2D eigenvalue weighted by Gasteiger charge is -2.17. The highest BCUT2D eigenvalue weighted by Gasteiger charge is 2.24. The molecule has 0 radical (unpaired) electrons. The number of nitrogens with zero attached hydrogens (tertiary/aromatic N) is 2. The minimum absolute atomic E-state index is 0.118. The molecule has 0 aliphatic carbocycles. The maximum absolute atomic E-state index is 12.8. The lowest BCUT2D eigenvalue weighted by Crippen LogP contribution is -2.31. The van der Waals surface area contributed by atoms with Crippen LogP contribution >= 0.6 is 11.3 Å². The maximum Gasteiger partial charge on any atom is 0.263 e. The summed E-state index contributed by atoms with van der Waals surface area (Å²) in [7, 11) is 3.54. The molecule has 2 rings (SSSR count). The molecule has 0 spiro atoms. The first-order valence-electron chi connectivity index (χ1n) is 8.50. The van der Waals surface area contributed by atoms with Crippen LogP contribution in [0.3, 0.4) is 0 Å². The quantitative estimate of drug-likeness (QED) is 0.524. The molecule has 28 heavy (non-hydrogen) atoms. The van der Waals surface area contributed by atoms with Gasteiger partial charge in [0.25, 0.3) is 11.8 Å². The molecule has 8 heteroatoms. The molecule has 0 saturated heterocycles. The van der Waals surface area contributed by atoms with Gasteiger partial charge in [-0.25, -0.2) is 0 Å². The van der Waals surface area contributed by atoms with E-state index in [1.807, 2.05) is 0 Å². The number of amides is 3. The maximum atomic E-state index is 12.8. The van der Waals surface area contributed by atoms with Gasteiger partial charge in [-0.1, -0.05) is 24.3 Å². The molecule has 0 unspecified atom stereocenters. The van der Waals surface area contributed by atoms with Crippen LogP contribution in [0.4, 0.5) is 5.00 Å². The Hall–Kier alpha value is -3.13. The van der Waals surface area contributed by atoms with Crippen LogP contribution in [-0.2, 0) is 11.3 Å². The van der Waals surface area contributed by atoms with E-state index in [0.717, 1.165) is 10.5 Å². The van der Waals surface area contributed by atoms with Crippen molar-refractivity contribution >= 4 is 34.6 Å². The third-order valence-corrected chi connectivity index (χ3v) is 5.09. The average Bonchev–Trinajstić information content (AvgIpc) is 3.10. The Kier molecular flexibility index (Phi) is 6.94. The summed E-state index contributed by atoms with van der Waals surface area (Å²) in [5.41, 5.74) is 1.80. The van der Waals surface area contributed by atoms with Crippen LogP contribution in [0.15, 0.2) is 42.5 Å². The van der Waals surface area contributed by atoms with Crippen LogP contribution in [0, 0.1) is 0 Å². The zero-order valence-electron chi connectivity index (χ0n) is 16.1. The van der Waals surface area contributed by atoms with E-state index >= 15 is 0 Å². The lowest BCUT2D eigenvalue weighted by atomic mass is 10.2. The van der Waals surface area contributed by atoms with Crippen molar-refractivity contribution in [1.82, 2.24) is 10.2 Å². The van der Waals surface area contributed by atoms with Crippen LogP contribution in [0.2, 0.25) is 0 Å². The summed E-state index contributed by atoms with van der Waals surface area (Å²) in [4.78, 5) is 39.8. The lowest BCUT2D eigenvalue weighted by molar-refractivity contribution is -0.115. The van der Waals surface area contributed by atoms with E-state index in [1.54, 1.807) is 50.2 Å². The number of carbonyl (C=O) groups excluding carboxylic acids is 3. The second kappa shape index (κ2) is 9.18. The minimum atomic E-state index is -0.476. The fourth-order valence-corrected chi connectivity index (χ4v) is 3.45. The number of benzene rings is 1. The van der Waals surface area contributed by atoms with Gasteiger partial charge in [-0.2, -0.15) is 0 Å². The summed E-state index contributed by atoms with van der Waals surface area (Å²) in [5, 5.41) is 12.7. The van der Waals surface area contributed by atoms with E-state index in [4.69, 9.17) is 0 Å². The third kappa shape index (κ3) is 5.20. The molecular formula is C20H23N3O4S. The van der Waals surface area contributed by atoms with Gasteiger partial charge in [0, 0.05) is 27.2 Å². The summed E-state index contributed by atoms with van der Waals surface area (Å²) in [6.45, 7) is 5.86. The fraction of sp³-hybridized carbons (Fsp3) is 0.250. The number of aromatic hydroxyl groups is 1. The molecule has 0 aliphatic rings. The smallest absolute Gasteiger partial charge is 0.263 e. The van der Waals surface area contributed by atoms with E-state index in [2.05, 4.69) is 11.9 Å². The number of anilines is 1. The van der Waals surface area contributed by atoms with Gasteiger partial charge in [-0.3, -0.25) is 19.3 Å². The largest absolute Gasteiger partial charge is 0.508 e. The highest BCUT2D eigenvalue weighted by molar-refractivity contribution is 7.18. The van der Waals surface area contributed by atoms with Crippen molar-refractivity contribution in [3.63, 3.8) is 0 Å². The van der Waals surface area contributed by atoms with Crippen LogP contribution in [0.5, 0.6) is 5.75 Å². The van der Waals surface area contributed by atoms with Crippen molar-refractivity contribution in [2.24, 2.45) is 0 Å². The number of hydrogen-bond acceptors (Lipinski definition) is 6. The molecular weight excluding hydrogens is 378 g/mol. The highest BCUT2D eigenvalue weighted by atomic mass is 32.1. The molecule has 1 aromatic carbocycles. The molecule has 1 heterocycles. The van der Waals surface area contributed by atoms with Gasteiger partial charge in [0.05, 0.1) is 10.4 Å². The second-order valence-electron chi connectivity index (χ2n) is 6.57. The molecule has 0 aliphatic heterocycles. The Bertz CT molecular complexity index is 887. The Labute approximate surface area is 167 Å². The highest BCUT2D eigenvalue weighted by Crippen LogP contribution is 2.31. The van der Waals surface area contributed by atoms with Crippen LogP contribution in [-0.4, -0.2) is 48.9 Å². The van der Waals surface area contributed by atoms with E-state index in [9.17, 15) is 19.5 Å². The standard InChI is InChI=1S/C20H23N3O4S/c1-13(2)11-23(12-24)19(27)16-9-17(28-20(16)22(3)4)18(26)21-10-14-5-7-15(25)8-6-14/h5-9,12,25H,1,10-11H2,2-4H3,(H,21,26). The Morgan fingerprint density at radius 1 is 1.25 bits per heavy atom. The first kappa shape index (κ1) is 21.2. The van der Waals surface area contributed by atoms with Gasteiger partial charge in [0.2, 0.25) is 6.41 Å². The molecule has 2 aromatic rings. The Balaban J connectivity index is 2.21. The normalized spacial score (nSPS) is 10.2. The van der Waals surface area contributed by atoms with E-state index in [-0.39, 0.29) is 30.3 Å². The molecule has 7 nitrogen and oxygen atoms in total. The number of imide groups is 1. The average molecular weight is 401 g/mol. The van der Waals surface area contributed by atoms with E-state index in [1.165, 1.54) is 17.4 Å². The first-order valence-corrected chi connectivity index (χ1v) is 9.32. The third-order valence-electron chi connectivity index (χ3n) is 3.79.